The van der Waals surface area contributed by atoms with Gasteiger partial charge in [0.2, 0.25) is 0 Å². The Kier molecular flexibility index (Phi) is 2.32. The molecule has 1 unspecified atom stereocenters. The third-order valence-corrected chi connectivity index (χ3v) is 4.17. The average molecular weight is 195 g/mol. The molecule has 3 rings (SSSR count). The van der Waals surface area contributed by atoms with Gasteiger partial charge >= 0.3 is 0 Å². The molecule has 3 saturated carbocycles. The predicted molar refractivity (Wildman–Crippen MR) is 58.3 cm³/mol. The lowest BCUT2D eigenvalue weighted by atomic mass is 9.48. The van der Waals surface area contributed by atoms with E-state index in [-0.39, 0.29) is 0 Å². The van der Waals surface area contributed by atoms with Crippen molar-refractivity contribution in [3.63, 3.8) is 0 Å². The first-order chi connectivity index (χ1) is 6.51. The van der Waals surface area contributed by atoms with Crippen molar-refractivity contribution in [1.29, 1.82) is 0 Å². The first kappa shape index (κ1) is 10.0. The van der Waals surface area contributed by atoms with Crippen LogP contribution in [0.5, 0.6) is 0 Å². The molecule has 3 aliphatic carbocycles. The van der Waals surface area contributed by atoms with Crippen molar-refractivity contribution in [2.24, 2.45) is 22.4 Å². The standard InChI is InChI=1S/C12H21NO/c1-8(2)13-14-11-6-5-9-7-10(11)12(9,3)4/h9-11H,5-7H2,1-4H3/t9?,10-,11-/m0/s1. The average Bonchev–Trinajstić information content (AvgIpc) is 2.14. The fourth-order valence-corrected chi connectivity index (χ4v) is 3.04. The van der Waals surface area contributed by atoms with E-state index in [1.54, 1.807) is 0 Å². The lowest BCUT2D eigenvalue weighted by Gasteiger charge is -2.58. The summed E-state index contributed by atoms with van der Waals surface area (Å²) in [4.78, 5) is 5.62. The summed E-state index contributed by atoms with van der Waals surface area (Å²) in [5, 5.41) is 4.11. The van der Waals surface area contributed by atoms with Gasteiger partial charge in [0.25, 0.3) is 0 Å². The summed E-state index contributed by atoms with van der Waals surface area (Å²) >= 11 is 0. The highest BCUT2D eigenvalue weighted by Crippen LogP contribution is 2.59. The molecule has 14 heavy (non-hydrogen) atoms. The smallest absolute Gasteiger partial charge is 0.130 e. The van der Waals surface area contributed by atoms with Crippen molar-refractivity contribution in [3.8, 4) is 0 Å². The van der Waals surface area contributed by atoms with Gasteiger partial charge in [-0.25, -0.2) is 0 Å². The maximum atomic E-state index is 5.62. The monoisotopic (exact) mass is 195 g/mol. The van der Waals surface area contributed by atoms with Crippen LogP contribution in [-0.2, 0) is 4.84 Å². The number of hydrogen-bond donors (Lipinski definition) is 0. The van der Waals surface area contributed by atoms with Crippen molar-refractivity contribution in [3.05, 3.63) is 0 Å². The molecule has 0 radical (unpaired) electrons. The Hall–Kier alpha value is -0.530. The lowest BCUT2D eigenvalue weighted by Crippen LogP contribution is -2.55. The Morgan fingerprint density at radius 2 is 2.00 bits per heavy atom. The van der Waals surface area contributed by atoms with Gasteiger partial charge in [-0.2, -0.15) is 0 Å². The molecule has 2 heteroatoms. The Morgan fingerprint density at radius 3 is 2.50 bits per heavy atom. The molecule has 0 aromatic heterocycles. The van der Waals surface area contributed by atoms with Gasteiger partial charge < -0.3 is 4.84 Å². The maximum absolute atomic E-state index is 5.62. The number of rotatable bonds is 2. The van der Waals surface area contributed by atoms with Crippen LogP contribution >= 0.6 is 0 Å². The first-order valence-electron chi connectivity index (χ1n) is 5.69. The van der Waals surface area contributed by atoms with Crippen LogP contribution in [0.25, 0.3) is 0 Å². The molecule has 0 saturated heterocycles. The summed E-state index contributed by atoms with van der Waals surface area (Å²) in [5.41, 5.74) is 1.52. The SMILES string of the molecule is CC(C)=NO[C@H]1CCC2C[C@@H]1C2(C)C. The zero-order chi connectivity index (χ0) is 10.3. The third kappa shape index (κ3) is 1.45. The van der Waals surface area contributed by atoms with E-state index in [9.17, 15) is 0 Å². The second-order valence-electron chi connectivity index (χ2n) is 5.62. The largest absolute Gasteiger partial charge is 0.392 e. The normalized spacial score (nSPS) is 38.4. The molecule has 2 bridgehead atoms. The van der Waals surface area contributed by atoms with Crippen LogP contribution < -0.4 is 0 Å². The zero-order valence-electron chi connectivity index (χ0n) is 9.71. The molecular formula is C12H21NO. The van der Waals surface area contributed by atoms with Gasteiger partial charge in [0.15, 0.2) is 0 Å². The van der Waals surface area contributed by atoms with E-state index in [2.05, 4.69) is 19.0 Å². The van der Waals surface area contributed by atoms with E-state index < -0.39 is 0 Å². The summed E-state index contributed by atoms with van der Waals surface area (Å²) in [5.74, 6) is 1.68. The zero-order valence-corrected chi connectivity index (χ0v) is 9.71. The minimum absolute atomic E-state index is 0.380. The van der Waals surface area contributed by atoms with Gasteiger partial charge in [0.1, 0.15) is 6.10 Å². The summed E-state index contributed by atoms with van der Waals surface area (Å²) in [7, 11) is 0. The number of fused-ring (bicyclic) bond motifs is 2. The van der Waals surface area contributed by atoms with Gasteiger partial charge in [-0.05, 0) is 44.4 Å². The maximum Gasteiger partial charge on any atom is 0.130 e. The lowest BCUT2D eigenvalue weighted by molar-refractivity contribution is -0.162. The fourth-order valence-electron chi connectivity index (χ4n) is 3.04. The Labute approximate surface area is 86.7 Å². The number of oxime groups is 1. The highest BCUT2D eigenvalue weighted by atomic mass is 16.6. The van der Waals surface area contributed by atoms with Crippen LogP contribution in [0.1, 0.15) is 47.0 Å². The van der Waals surface area contributed by atoms with Crippen LogP contribution in [0.3, 0.4) is 0 Å². The third-order valence-electron chi connectivity index (χ3n) is 4.17. The molecule has 3 aliphatic rings. The van der Waals surface area contributed by atoms with E-state index >= 15 is 0 Å². The second kappa shape index (κ2) is 3.25. The molecule has 3 fully saturated rings. The Bertz CT molecular complexity index is 251. The summed E-state index contributed by atoms with van der Waals surface area (Å²) in [6.45, 7) is 8.73. The van der Waals surface area contributed by atoms with Crippen molar-refractivity contribution in [2.45, 2.75) is 53.1 Å². The Morgan fingerprint density at radius 1 is 1.29 bits per heavy atom. The van der Waals surface area contributed by atoms with Crippen LogP contribution in [0.4, 0.5) is 0 Å². The quantitative estimate of drug-likeness (QED) is 0.489. The highest BCUT2D eigenvalue weighted by molar-refractivity contribution is 5.78. The van der Waals surface area contributed by atoms with Gasteiger partial charge in [0, 0.05) is 5.92 Å². The molecule has 0 aliphatic heterocycles. The molecule has 0 aromatic carbocycles. The molecule has 0 spiro atoms. The molecule has 0 aromatic rings. The van der Waals surface area contributed by atoms with Crippen LogP contribution in [-0.4, -0.2) is 11.8 Å². The number of nitrogens with zero attached hydrogens (tertiary/aromatic N) is 1. The summed E-state index contributed by atoms with van der Waals surface area (Å²) in [6.07, 6.45) is 4.27. The second-order valence-corrected chi connectivity index (χ2v) is 5.62. The molecule has 3 atom stereocenters. The van der Waals surface area contributed by atoms with Crippen molar-refractivity contribution < 1.29 is 4.84 Å². The minimum Gasteiger partial charge on any atom is -0.392 e. The molecule has 0 N–H and O–H groups in total. The molecular weight excluding hydrogens is 174 g/mol. The van der Waals surface area contributed by atoms with Crippen molar-refractivity contribution in [1.82, 2.24) is 0 Å². The highest BCUT2D eigenvalue weighted by Gasteiger charge is 2.55. The predicted octanol–water partition coefficient (Wildman–Crippen LogP) is 3.22. The van der Waals surface area contributed by atoms with Crippen LogP contribution in [0.2, 0.25) is 0 Å². The van der Waals surface area contributed by atoms with Crippen molar-refractivity contribution >= 4 is 5.71 Å². The Balaban J connectivity index is 1.98. The van der Waals surface area contributed by atoms with E-state index in [0.717, 1.165) is 17.5 Å². The van der Waals surface area contributed by atoms with E-state index in [1.165, 1.54) is 19.3 Å². The number of hydrogen-bond acceptors (Lipinski definition) is 2. The topological polar surface area (TPSA) is 21.6 Å². The minimum atomic E-state index is 0.380. The van der Waals surface area contributed by atoms with Gasteiger partial charge in [-0.15, -0.1) is 0 Å². The molecule has 0 heterocycles. The van der Waals surface area contributed by atoms with E-state index in [1.807, 2.05) is 13.8 Å². The fraction of sp³-hybridized carbons (Fsp3) is 0.917. The molecule has 80 valence electrons. The summed E-state index contributed by atoms with van der Waals surface area (Å²) in [6, 6.07) is 0. The molecule has 2 nitrogen and oxygen atoms in total. The van der Waals surface area contributed by atoms with Crippen molar-refractivity contribution in [2.75, 3.05) is 0 Å². The van der Waals surface area contributed by atoms with E-state index in [4.69, 9.17) is 4.84 Å². The summed E-state index contributed by atoms with van der Waals surface area (Å²) < 4.78 is 0. The molecule has 0 amide bonds. The first-order valence-corrected chi connectivity index (χ1v) is 5.69. The van der Waals surface area contributed by atoms with Gasteiger partial charge in [-0.1, -0.05) is 19.0 Å². The van der Waals surface area contributed by atoms with Gasteiger partial charge in [-0.3, -0.25) is 0 Å². The van der Waals surface area contributed by atoms with Crippen LogP contribution in [0, 0.1) is 17.3 Å². The van der Waals surface area contributed by atoms with Gasteiger partial charge in [0.05, 0.1) is 5.71 Å². The van der Waals surface area contributed by atoms with E-state index in [0.29, 0.717) is 11.5 Å². The van der Waals surface area contributed by atoms with Crippen LogP contribution in [0.15, 0.2) is 5.16 Å².